The minimum absolute atomic E-state index is 0.00728. The number of hydrogen-bond donors (Lipinski definition) is 1. The molecule has 7 rings (SSSR count). The van der Waals surface area contributed by atoms with Gasteiger partial charge in [0.25, 0.3) is 0 Å². The highest BCUT2D eigenvalue weighted by Gasteiger charge is 2.67. The van der Waals surface area contributed by atoms with Crippen LogP contribution in [0.2, 0.25) is 6.32 Å². The first-order valence-electron chi connectivity index (χ1n) is 18.7. The molecule has 1 aromatic rings. The van der Waals surface area contributed by atoms with Gasteiger partial charge in [-0.25, -0.2) is 14.4 Å². The van der Waals surface area contributed by atoms with Gasteiger partial charge in [0, 0.05) is 11.5 Å². The van der Waals surface area contributed by atoms with Gasteiger partial charge in [-0.15, -0.1) is 0 Å². The van der Waals surface area contributed by atoms with E-state index >= 15 is 0 Å². The SMILES string of the molecule is CC(C)(C)OC(=O)Oc1c(CCB2O[C@@H]3C[C@@H]4C[C@@H](C4(C)C)[C@]3(C)O2)ccc(OC2CN(C(=O)[C@@H]3C[C@@H](N=[N+]=[N-])CN3C(=O)O)C2)c1C(=O)OC(C)(C)C. The van der Waals surface area contributed by atoms with Gasteiger partial charge in [0.2, 0.25) is 5.91 Å². The third kappa shape index (κ3) is 7.81. The molecule has 2 amide bonds. The van der Waals surface area contributed by atoms with E-state index in [1.54, 1.807) is 53.7 Å². The molecule has 0 aromatic heterocycles. The van der Waals surface area contributed by atoms with Crippen LogP contribution >= 0.6 is 0 Å². The van der Waals surface area contributed by atoms with Crippen LogP contribution in [0.25, 0.3) is 10.4 Å². The highest BCUT2D eigenvalue weighted by Crippen LogP contribution is 2.65. The van der Waals surface area contributed by atoms with Crippen LogP contribution in [0.15, 0.2) is 17.2 Å². The maximum atomic E-state index is 14.0. The Bertz CT molecular complexity index is 1730. The van der Waals surface area contributed by atoms with E-state index in [-0.39, 0.29) is 54.6 Å². The molecule has 0 unspecified atom stereocenters. The quantitative estimate of drug-likeness (QED) is 0.0747. The normalized spacial score (nSPS) is 28.6. The van der Waals surface area contributed by atoms with Crippen LogP contribution in [0.5, 0.6) is 11.5 Å². The summed E-state index contributed by atoms with van der Waals surface area (Å²) in [7, 11) is -0.497. The van der Waals surface area contributed by atoms with Crippen molar-refractivity contribution in [2.24, 2.45) is 22.4 Å². The topological polar surface area (TPSA) is 199 Å². The van der Waals surface area contributed by atoms with Crippen molar-refractivity contribution in [3.8, 4) is 11.5 Å². The zero-order chi connectivity index (χ0) is 39.5. The minimum Gasteiger partial charge on any atom is -0.486 e. The van der Waals surface area contributed by atoms with Crippen LogP contribution in [-0.4, -0.2) is 107 Å². The van der Waals surface area contributed by atoms with Crippen molar-refractivity contribution < 1.29 is 52.5 Å². The second-order valence-corrected chi connectivity index (χ2v) is 18.0. The number of carbonyl (C=O) groups is 4. The average molecular weight is 754 g/mol. The van der Waals surface area contributed by atoms with Crippen LogP contribution in [0, 0.1) is 17.3 Å². The second kappa shape index (κ2) is 14.1. The standard InChI is InChI=1S/C37H52BN5O11/c1-34(2,3)51-31(45)28-25(49-23-18-42(19-23)30(44)24-16-22(40-41-39)17-43(24)32(46)47)11-10-20(29(28)50-33(48)52-35(4,5)6)12-13-38-53-27-15-21-14-26(36(21,7)8)37(27,9)54-38/h10-11,21-24,26-27H,12-19H2,1-9H3,(H,46,47)/t21-,22+,24-,26-,27+,37-/m0/s1. The number of hydrogen-bond acceptors (Lipinski definition) is 11. The molecule has 6 aliphatic rings. The summed E-state index contributed by atoms with van der Waals surface area (Å²) in [6, 6.07) is 1.68. The maximum Gasteiger partial charge on any atom is 0.514 e. The summed E-state index contributed by atoms with van der Waals surface area (Å²) in [6.07, 6.45) is 0.00163. The Hall–Kier alpha value is -4.21. The lowest BCUT2D eigenvalue weighted by molar-refractivity contribution is -0.199. The zero-order valence-corrected chi connectivity index (χ0v) is 32.6. The minimum atomic E-state index is -1.28. The maximum absolute atomic E-state index is 14.0. The number of azide groups is 1. The van der Waals surface area contributed by atoms with Crippen LogP contribution < -0.4 is 9.47 Å². The molecule has 3 aliphatic heterocycles. The van der Waals surface area contributed by atoms with Gasteiger partial charge in [0.05, 0.1) is 30.8 Å². The van der Waals surface area contributed by atoms with E-state index in [2.05, 4.69) is 30.8 Å². The Kier molecular flexibility index (Phi) is 10.3. The highest BCUT2D eigenvalue weighted by molar-refractivity contribution is 6.45. The summed E-state index contributed by atoms with van der Waals surface area (Å²) < 4.78 is 36.5. The van der Waals surface area contributed by atoms with E-state index < -0.39 is 66.2 Å². The van der Waals surface area contributed by atoms with Gasteiger partial charge in [-0.3, -0.25) is 9.69 Å². The van der Waals surface area contributed by atoms with Crippen molar-refractivity contribution in [1.29, 1.82) is 0 Å². The number of ether oxygens (including phenoxy) is 4. The number of carboxylic acid groups (broad SMARTS) is 1. The first kappa shape index (κ1) is 39.5. The van der Waals surface area contributed by atoms with Crippen LogP contribution in [-0.2, 0) is 30.0 Å². The van der Waals surface area contributed by atoms with Gasteiger partial charge in [-0.2, -0.15) is 0 Å². The fraction of sp³-hybridized carbons (Fsp3) is 0.730. The van der Waals surface area contributed by atoms with E-state index in [1.165, 1.54) is 4.90 Å². The van der Waals surface area contributed by atoms with Crippen molar-refractivity contribution in [3.05, 3.63) is 33.7 Å². The predicted octanol–water partition coefficient (Wildman–Crippen LogP) is 6.25. The molecular formula is C37H52BN5O11. The lowest BCUT2D eigenvalue weighted by atomic mass is 9.43. The van der Waals surface area contributed by atoms with Crippen molar-refractivity contribution in [1.82, 2.24) is 9.80 Å². The predicted molar refractivity (Wildman–Crippen MR) is 194 cm³/mol. The van der Waals surface area contributed by atoms with E-state index in [1.807, 2.05) is 0 Å². The number of esters is 1. The van der Waals surface area contributed by atoms with Gasteiger partial charge in [0.15, 0.2) is 5.75 Å². The van der Waals surface area contributed by atoms with Crippen molar-refractivity contribution in [2.75, 3.05) is 19.6 Å². The van der Waals surface area contributed by atoms with Gasteiger partial charge in [0.1, 0.15) is 34.7 Å². The van der Waals surface area contributed by atoms with Gasteiger partial charge in [-0.05, 0) is 115 Å². The van der Waals surface area contributed by atoms with Gasteiger partial charge >= 0.3 is 25.3 Å². The lowest BCUT2D eigenvalue weighted by Crippen LogP contribution is -2.65. The second-order valence-electron chi connectivity index (χ2n) is 18.0. The first-order valence-corrected chi connectivity index (χ1v) is 18.7. The molecular weight excluding hydrogens is 701 g/mol. The molecule has 3 heterocycles. The Morgan fingerprint density at radius 1 is 1.02 bits per heavy atom. The zero-order valence-electron chi connectivity index (χ0n) is 32.6. The Labute approximate surface area is 315 Å². The molecule has 1 aromatic carbocycles. The summed E-state index contributed by atoms with van der Waals surface area (Å²) in [4.78, 5) is 57.6. The molecule has 6 fully saturated rings. The summed E-state index contributed by atoms with van der Waals surface area (Å²) in [5, 5.41) is 13.3. The number of carbonyl (C=O) groups excluding carboxylic acids is 3. The number of nitrogens with zero attached hydrogens (tertiary/aromatic N) is 5. The summed E-state index contributed by atoms with van der Waals surface area (Å²) >= 11 is 0. The molecule has 3 saturated carbocycles. The van der Waals surface area contributed by atoms with Gasteiger partial charge in [-0.1, -0.05) is 25.0 Å². The van der Waals surface area contributed by atoms with Gasteiger partial charge < -0.3 is 38.3 Å². The summed E-state index contributed by atoms with van der Waals surface area (Å²) in [6.45, 7) is 17.1. The van der Waals surface area contributed by atoms with Crippen molar-refractivity contribution >= 4 is 31.2 Å². The Morgan fingerprint density at radius 3 is 2.31 bits per heavy atom. The third-order valence-corrected chi connectivity index (χ3v) is 11.5. The molecule has 0 spiro atoms. The lowest BCUT2D eigenvalue weighted by Gasteiger charge is -2.64. The molecule has 0 radical (unpaired) electrons. The number of aryl methyl sites for hydroxylation is 1. The van der Waals surface area contributed by atoms with Crippen LogP contribution in [0.4, 0.5) is 9.59 Å². The fourth-order valence-electron chi connectivity index (χ4n) is 8.74. The van der Waals surface area contributed by atoms with Crippen LogP contribution in [0.3, 0.4) is 0 Å². The molecule has 17 heteroatoms. The summed E-state index contributed by atoms with van der Waals surface area (Å²) in [5.41, 5.74) is 7.23. The first-order chi connectivity index (χ1) is 25.1. The monoisotopic (exact) mass is 753 g/mol. The molecule has 54 heavy (non-hydrogen) atoms. The van der Waals surface area contributed by atoms with E-state index in [4.69, 9.17) is 33.8 Å². The number of benzene rings is 1. The smallest absolute Gasteiger partial charge is 0.486 e. The molecule has 6 atom stereocenters. The highest BCUT2D eigenvalue weighted by atomic mass is 16.7. The Morgan fingerprint density at radius 2 is 1.70 bits per heavy atom. The Balaban J connectivity index is 1.23. The molecule has 1 N–H and O–H groups in total. The van der Waals surface area contributed by atoms with Crippen molar-refractivity contribution in [2.45, 2.75) is 135 Å². The molecule has 294 valence electrons. The van der Waals surface area contributed by atoms with Crippen LogP contribution in [0.1, 0.15) is 97.5 Å². The molecule has 3 aliphatic carbocycles. The largest absolute Gasteiger partial charge is 0.514 e. The molecule has 16 nitrogen and oxygen atoms in total. The van der Waals surface area contributed by atoms with E-state index in [0.717, 1.165) is 17.7 Å². The molecule has 3 saturated heterocycles. The number of likely N-dealkylation sites (tertiary alicyclic amines) is 2. The fourth-order valence-corrected chi connectivity index (χ4v) is 8.74. The van der Waals surface area contributed by atoms with E-state index in [9.17, 15) is 24.3 Å². The number of rotatable bonds is 9. The third-order valence-electron chi connectivity index (χ3n) is 11.5. The summed E-state index contributed by atoms with van der Waals surface area (Å²) in [5.74, 6) is -0.224. The molecule has 2 bridgehead atoms. The number of amides is 2. The average Bonchev–Trinajstić information content (AvgIpc) is 3.60. The van der Waals surface area contributed by atoms with E-state index in [0.29, 0.717) is 30.1 Å². The van der Waals surface area contributed by atoms with Crippen molar-refractivity contribution in [3.63, 3.8) is 0 Å².